The number of carbonyl (C=O) groups is 1. The molecule has 2 heterocycles. The standard InChI is InChI=1S/C24H17F4N3OS/c1-14-7-8-17(30-23(32)18-5-2-6-19(22(18)25)24(26,27)28)10-16(14)11-21-31-20(13-33-21)15-4-3-9-29-12-15/h2-10,12-13H,11H2,1H3,(H,30,32). The van der Waals surface area contributed by atoms with Crippen molar-refractivity contribution >= 4 is 22.9 Å². The van der Waals surface area contributed by atoms with E-state index in [9.17, 15) is 22.4 Å². The molecule has 33 heavy (non-hydrogen) atoms. The van der Waals surface area contributed by atoms with E-state index >= 15 is 0 Å². The number of benzene rings is 2. The van der Waals surface area contributed by atoms with Crippen LogP contribution in [0, 0.1) is 12.7 Å². The average Bonchev–Trinajstić information content (AvgIpc) is 3.24. The molecule has 0 spiro atoms. The molecule has 0 aliphatic carbocycles. The van der Waals surface area contributed by atoms with Crippen LogP contribution in [0.2, 0.25) is 0 Å². The Bertz CT molecular complexity index is 1300. The Morgan fingerprint density at radius 1 is 1.12 bits per heavy atom. The van der Waals surface area contributed by atoms with Gasteiger partial charge in [0.1, 0.15) is 5.82 Å². The summed E-state index contributed by atoms with van der Waals surface area (Å²) in [6, 6.07) is 11.5. The Hall–Kier alpha value is -3.59. The van der Waals surface area contributed by atoms with E-state index in [0.717, 1.165) is 39.5 Å². The molecule has 0 atom stereocenters. The maximum Gasteiger partial charge on any atom is 0.419 e. The van der Waals surface area contributed by atoms with E-state index in [-0.39, 0.29) is 0 Å². The highest BCUT2D eigenvalue weighted by molar-refractivity contribution is 7.10. The van der Waals surface area contributed by atoms with Gasteiger partial charge in [-0.3, -0.25) is 9.78 Å². The molecule has 2 aromatic carbocycles. The van der Waals surface area contributed by atoms with E-state index in [1.807, 2.05) is 24.4 Å². The summed E-state index contributed by atoms with van der Waals surface area (Å²) in [5.74, 6) is -2.55. The van der Waals surface area contributed by atoms with Crippen LogP contribution in [0.25, 0.3) is 11.3 Å². The number of anilines is 1. The maximum atomic E-state index is 14.3. The van der Waals surface area contributed by atoms with E-state index < -0.39 is 29.0 Å². The van der Waals surface area contributed by atoms with Crippen LogP contribution in [-0.2, 0) is 12.6 Å². The van der Waals surface area contributed by atoms with E-state index in [4.69, 9.17) is 0 Å². The molecule has 4 nitrogen and oxygen atoms in total. The van der Waals surface area contributed by atoms with Gasteiger partial charge in [-0.1, -0.05) is 12.1 Å². The van der Waals surface area contributed by atoms with Crippen molar-refractivity contribution < 1.29 is 22.4 Å². The molecule has 168 valence electrons. The van der Waals surface area contributed by atoms with E-state index in [1.54, 1.807) is 30.6 Å². The second-order valence-electron chi connectivity index (χ2n) is 7.31. The average molecular weight is 471 g/mol. The van der Waals surface area contributed by atoms with Crippen LogP contribution in [0.4, 0.5) is 23.2 Å². The lowest BCUT2D eigenvalue weighted by Crippen LogP contribution is -2.17. The van der Waals surface area contributed by atoms with E-state index in [1.165, 1.54) is 11.3 Å². The lowest BCUT2D eigenvalue weighted by atomic mass is 10.0. The summed E-state index contributed by atoms with van der Waals surface area (Å²) in [4.78, 5) is 21.2. The lowest BCUT2D eigenvalue weighted by Gasteiger charge is -2.12. The smallest absolute Gasteiger partial charge is 0.322 e. The summed E-state index contributed by atoms with van der Waals surface area (Å²) in [5.41, 5.74) is 1.74. The van der Waals surface area contributed by atoms with Crippen molar-refractivity contribution in [2.45, 2.75) is 19.5 Å². The molecular weight excluding hydrogens is 454 g/mol. The van der Waals surface area contributed by atoms with Gasteiger partial charge in [0.2, 0.25) is 0 Å². The van der Waals surface area contributed by atoms with Gasteiger partial charge in [0, 0.05) is 35.4 Å². The molecule has 9 heteroatoms. The minimum atomic E-state index is -4.89. The Kier molecular flexibility index (Phi) is 6.24. The third-order valence-electron chi connectivity index (χ3n) is 5.01. The number of thiazole rings is 1. The number of alkyl halides is 3. The third-order valence-corrected chi connectivity index (χ3v) is 5.86. The highest BCUT2D eigenvalue weighted by Crippen LogP contribution is 2.32. The highest BCUT2D eigenvalue weighted by Gasteiger charge is 2.35. The van der Waals surface area contributed by atoms with Gasteiger partial charge in [-0.05, 0) is 54.4 Å². The second kappa shape index (κ2) is 9.11. The van der Waals surface area contributed by atoms with Gasteiger partial charge in [-0.2, -0.15) is 13.2 Å². The molecule has 0 saturated carbocycles. The third kappa shape index (κ3) is 5.09. The zero-order valence-corrected chi connectivity index (χ0v) is 18.1. The molecule has 4 rings (SSSR count). The molecule has 2 aromatic heterocycles. The number of nitrogens with zero attached hydrogens (tertiary/aromatic N) is 2. The van der Waals surface area contributed by atoms with Crippen LogP contribution in [-0.4, -0.2) is 15.9 Å². The van der Waals surface area contributed by atoms with Crippen molar-refractivity contribution in [3.8, 4) is 11.3 Å². The molecule has 1 amide bonds. The number of hydrogen-bond donors (Lipinski definition) is 1. The van der Waals surface area contributed by atoms with Crippen molar-refractivity contribution in [3.05, 3.63) is 99.4 Å². The molecular formula is C24H17F4N3OS. The van der Waals surface area contributed by atoms with Gasteiger partial charge < -0.3 is 5.32 Å². The molecule has 0 fully saturated rings. The van der Waals surface area contributed by atoms with Crippen LogP contribution in [0.15, 0.2) is 66.3 Å². The number of hydrogen-bond acceptors (Lipinski definition) is 4. The van der Waals surface area contributed by atoms with Crippen LogP contribution >= 0.6 is 11.3 Å². The highest BCUT2D eigenvalue weighted by atomic mass is 32.1. The van der Waals surface area contributed by atoms with E-state index in [2.05, 4.69) is 15.3 Å². The van der Waals surface area contributed by atoms with Gasteiger partial charge >= 0.3 is 6.18 Å². The molecule has 0 radical (unpaired) electrons. The number of amides is 1. The van der Waals surface area contributed by atoms with Gasteiger partial charge in [-0.15, -0.1) is 11.3 Å². The first-order chi connectivity index (χ1) is 15.7. The van der Waals surface area contributed by atoms with Crippen molar-refractivity contribution in [2.24, 2.45) is 0 Å². The number of aryl methyl sites for hydroxylation is 1. The zero-order chi connectivity index (χ0) is 23.6. The minimum Gasteiger partial charge on any atom is -0.322 e. The summed E-state index contributed by atoms with van der Waals surface area (Å²) < 4.78 is 53.2. The van der Waals surface area contributed by atoms with Crippen molar-refractivity contribution in [1.82, 2.24) is 9.97 Å². The fourth-order valence-electron chi connectivity index (χ4n) is 3.27. The van der Waals surface area contributed by atoms with Gasteiger partial charge in [0.15, 0.2) is 0 Å². The number of nitrogens with one attached hydrogen (secondary N) is 1. The largest absolute Gasteiger partial charge is 0.419 e. The first-order valence-electron chi connectivity index (χ1n) is 9.84. The van der Waals surface area contributed by atoms with Crippen molar-refractivity contribution in [2.75, 3.05) is 5.32 Å². The monoisotopic (exact) mass is 471 g/mol. The number of rotatable bonds is 5. The molecule has 1 N–H and O–H groups in total. The van der Waals surface area contributed by atoms with Crippen molar-refractivity contribution in [1.29, 1.82) is 0 Å². The number of aromatic nitrogens is 2. The summed E-state index contributed by atoms with van der Waals surface area (Å²) in [5, 5.41) is 5.28. The summed E-state index contributed by atoms with van der Waals surface area (Å²) in [6.07, 6.45) is -0.976. The number of carbonyl (C=O) groups excluding carboxylic acids is 1. The first kappa shape index (κ1) is 22.6. The second-order valence-corrected chi connectivity index (χ2v) is 8.25. The Morgan fingerprint density at radius 2 is 1.94 bits per heavy atom. The van der Waals surface area contributed by atoms with Crippen LogP contribution in [0.5, 0.6) is 0 Å². The molecule has 4 aromatic rings. The van der Waals surface area contributed by atoms with Crippen molar-refractivity contribution in [3.63, 3.8) is 0 Å². The fourth-order valence-corrected chi connectivity index (χ4v) is 4.09. The Morgan fingerprint density at radius 3 is 2.67 bits per heavy atom. The predicted octanol–water partition coefficient (Wildman–Crippen LogP) is 6.51. The molecule has 0 saturated heterocycles. The first-order valence-corrected chi connectivity index (χ1v) is 10.7. The molecule has 0 aliphatic heterocycles. The summed E-state index contributed by atoms with van der Waals surface area (Å²) in [7, 11) is 0. The van der Waals surface area contributed by atoms with Gasteiger partial charge in [0.25, 0.3) is 5.91 Å². The fraction of sp³-hybridized carbons (Fsp3) is 0.125. The number of pyridine rings is 1. The Balaban J connectivity index is 1.54. The Labute approximate surface area is 191 Å². The van der Waals surface area contributed by atoms with Gasteiger partial charge in [0.05, 0.1) is 21.8 Å². The quantitative estimate of drug-likeness (QED) is 0.338. The molecule has 0 bridgehead atoms. The van der Waals surface area contributed by atoms with Gasteiger partial charge in [-0.25, -0.2) is 9.37 Å². The summed E-state index contributed by atoms with van der Waals surface area (Å²) in [6.45, 7) is 1.91. The number of halogens is 4. The topological polar surface area (TPSA) is 54.9 Å². The zero-order valence-electron chi connectivity index (χ0n) is 17.3. The van der Waals surface area contributed by atoms with E-state index in [0.29, 0.717) is 18.2 Å². The van der Waals surface area contributed by atoms with Crippen LogP contribution in [0.1, 0.15) is 32.1 Å². The van der Waals surface area contributed by atoms with Crippen LogP contribution in [0.3, 0.4) is 0 Å². The molecule has 0 aliphatic rings. The lowest BCUT2D eigenvalue weighted by molar-refractivity contribution is -0.140. The minimum absolute atomic E-state index is 0.349. The molecule has 0 unspecified atom stereocenters. The van der Waals surface area contributed by atoms with Crippen LogP contribution < -0.4 is 5.32 Å². The summed E-state index contributed by atoms with van der Waals surface area (Å²) >= 11 is 1.49. The normalized spacial score (nSPS) is 11.4. The SMILES string of the molecule is Cc1ccc(NC(=O)c2cccc(C(F)(F)F)c2F)cc1Cc1nc(-c2cccnc2)cs1. The maximum absolute atomic E-state index is 14.3. The predicted molar refractivity (Wildman–Crippen MR) is 119 cm³/mol.